The second-order valence-electron chi connectivity index (χ2n) is 10.4. The Labute approximate surface area is 230 Å². The van der Waals surface area contributed by atoms with Crippen molar-refractivity contribution < 1.29 is 27.4 Å². The summed E-state index contributed by atoms with van der Waals surface area (Å²) in [4.78, 5) is 19.6. The normalized spacial score (nSPS) is 20.2. The Hall–Kier alpha value is -3.51. The summed E-state index contributed by atoms with van der Waals surface area (Å²) in [5, 5.41) is 9.33. The highest BCUT2D eigenvalue weighted by Crippen LogP contribution is 2.37. The molecule has 0 radical (unpaired) electrons. The van der Waals surface area contributed by atoms with Gasteiger partial charge < -0.3 is 24.5 Å². The molecule has 2 aliphatic rings. The number of halogens is 4. The lowest BCUT2D eigenvalue weighted by molar-refractivity contribution is -0.137. The van der Waals surface area contributed by atoms with E-state index >= 15 is 0 Å². The molecule has 40 heavy (non-hydrogen) atoms. The quantitative estimate of drug-likeness (QED) is 0.459. The molecule has 2 unspecified atom stereocenters. The van der Waals surface area contributed by atoms with E-state index in [1.807, 2.05) is 19.9 Å². The first-order valence-electron chi connectivity index (χ1n) is 13.2. The number of aryl methyl sites for hydroxylation is 1. The summed E-state index contributed by atoms with van der Waals surface area (Å²) in [7, 11) is 0. The molecule has 2 atom stereocenters. The van der Waals surface area contributed by atoms with Crippen LogP contribution >= 0.6 is 0 Å². The van der Waals surface area contributed by atoms with Gasteiger partial charge in [0.05, 0.1) is 37.1 Å². The molecule has 8 nitrogen and oxygen atoms in total. The van der Waals surface area contributed by atoms with Crippen molar-refractivity contribution in [2.24, 2.45) is 0 Å². The zero-order valence-electron chi connectivity index (χ0n) is 22.6. The van der Waals surface area contributed by atoms with Crippen LogP contribution in [0.3, 0.4) is 0 Å². The Morgan fingerprint density at radius 3 is 2.50 bits per heavy atom. The van der Waals surface area contributed by atoms with Gasteiger partial charge in [0.2, 0.25) is 5.95 Å². The lowest BCUT2D eigenvalue weighted by Gasteiger charge is -2.42. The molecule has 214 valence electrons. The van der Waals surface area contributed by atoms with Gasteiger partial charge in [-0.1, -0.05) is 0 Å². The molecule has 2 aliphatic heterocycles. The predicted octanol–water partition coefficient (Wildman–Crippen LogP) is 4.44. The van der Waals surface area contributed by atoms with Crippen LogP contribution in [0.2, 0.25) is 0 Å². The summed E-state index contributed by atoms with van der Waals surface area (Å²) in [6.45, 7) is 7.82. The number of aliphatic hydroxyl groups excluding tert-OH is 1. The average molecular weight is 561 g/mol. The first-order valence-corrected chi connectivity index (χ1v) is 13.2. The maximum atomic E-state index is 14.0. The number of benzene rings is 1. The van der Waals surface area contributed by atoms with Crippen LogP contribution < -0.4 is 14.7 Å². The number of nitrogens with zero attached hydrogens (tertiary/aromatic N) is 6. The SMILES string of the molecule is Cc1cc(-c2cc(N3CCN(c4ncc(CO)cc4C(F)(F)F)CC3C)nc(N3CCOCC3C)n2)ccc1F. The van der Waals surface area contributed by atoms with Gasteiger partial charge in [-0.2, -0.15) is 18.2 Å². The number of morpholine rings is 1. The largest absolute Gasteiger partial charge is 0.419 e. The maximum absolute atomic E-state index is 14.0. The number of hydrogen-bond acceptors (Lipinski definition) is 8. The van der Waals surface area contributed by atoms with Crippen molar-refractivity contribution in [3.8, 4) is 11.3 Å². The van der Waals surface area contributed by atoms with Crippen molar-refractivity contribution in [2.45, 2.75) is 45.6 Å². The van der Waals surface area contributed by atoms with Gasteiger partial charge in [0.15, 0.2) is 0 Å². The fourth-order valence-electron chi connectivity index (χ4n) is 5.21. The molecule has 2 saturated heterocycles. The number of ether oxygens (including phenoxy) is 1. The monoisotopic (exact) mass is 560 g/mol. The number of anilines is 3. The van der Waals surface area contributed by atoms with Crippen molar-refractivity contribution in [1.29, 1.82) is 0 Å². The molecule has 0 bridgehead atoms. The second-order valence-corrected chi connectivity index (χ2v) is 10.4. The Morgan fingerprint density at radius 2 is 1.82 bits per heavy atom. The summed E-state index contributed by atoms with van der Waals surface area (Å²) in [6, 6.07) is 7.49. The Kier molecular flexibility index (Phi) is 7.83. The van der Waals surface area contributed by atoms with Crippen molar-refractivity contribution in [2.75, 3.05) is 54.1 Å². The fourth-order valence-corrected chi connectivity index (χ4v) is 5.21. The van der Waals surface area contributed by atoms with Crippen LogP contribution in [0.25, 0.3) is 11.3 Å². The van der Waals surface area contributed by atoms with Crippen molar-refractivity contribution in [1.82, 2.24) is 15.0 Å². The van der Waals surface area contributed by atoms with Crippen molar-refractivity contribution in [3.05, 3.63) is 59.0 Å². The zero-order valence-corrected chi connectivity index (χ0v) is 22.6. The zero-order chi connectivity index (χ0) is 28.6. The molecule has 0 amide bonds. The van der Waals surface area contributed by atoms with Crippen LogP contribution in [-0.2, 0) is 17.5 Å². The van der Waals surface area contributed by atoms with Gasteiger partial charge in [0, 0.05) is 50.0 Å². The van der Waals surface area contributed by atoms with E-state index in [9.17, 15) is 22.7 Å². The highest BCUT2D eigenvalue weighted by atomic mass is 19.4. The molecule has 4 heterocycles. The number of aliphatic hydroxyl groups is 1. The van der Waals surface area contributed by atoms with Crippen LogP contribution in [0.4, 0.5) is 35.1 Å². The molecule has 12 heteroatoms. The third-order valence-corrected chi connectivity index (χ3v) is 7.41. The number of pyridine rings is 1. The molecule has 2 fully saturated rings. The van der Waals surface area contributed by atoms with Crippen LogP contribution in [0.5, 0.6) is 0 Å². The minimum atomic E-state index is -4.60. The van der Waals surface area contributed by atoms with Crippen LogP contribution in [0, 0.1) is 12.7 Å². The van der Waals surface area contributed by atoms with Crippen LogP contribution in [0.1, 0.15) is 30.5 Å². The van der Waals surface area contributed by atoms with E-state index in [1.165, 1.54) is 12.3 Å². The van der Waals surface area contributed by atoms with E-state index in [0.717, 1.165) is 11.6 Å². The lowest BCUT2D eigenvalue weighted by atomic mass is 10.1. The van der Waals surface area contributed by atoms with Gasteiger partial charge in [-0.15, -0.1) is 0 Å². The second kappa shape index (κ2) is 11.2. The minimum absolute atomic E-state index is 0.0508. The number of aromatic nitrogens is 3. The molecular weight excluding hydrogens is 528 g/mol. The Morgan fingerprint density at radius 1 is 1.02 bits per heavy atom. The van der Waals surface area contributed by atoms with Gasteiger partial charge in [-0.25, -0.2) is 14.4 Å². The summed E-state index contributed by atoms with van der Waals surface area (Å²) in [5.74, 6) is 0.723. The van der Waals surface area contributed by atoms with E-state index < -0.39 is 18.3 Å². The molecule has 0 spiro atoms. The highest BCUT2D eigenvalue weighted by molar-refractivity contribution is 5.66. The lowest BCUT2D eigenvalue weighted by Crippen LogP contribution is -2.53. The molecule has 1 N–H and O–H groups in total. The van der Waals surface area contributed by atoms with E-state index in [-0.39, 0.29) is 42.4 Å². The maximum Gasteiger partial charge on any atom is 0.419 e. The third-order valence-electron chi connectivity index (χ3n) is 7.41. The molecule has 3 aromatic rings. The molecule has 0 saturated carbocycles. The predicted molar refractivity (Wildman–Crippen MR) is 144 cm³/mol. The van der Waals surface area contributed by atoms with E-state index in [4.69, 9.17) is 14.7 Å². The number of hydrogen-bond donors (Lipinski definition) is 1. The summed E-state index contributed by atoms with van der Waals surface area (Å²) >= 11 is 0. The minimum Gasteiger partial charge on any atom is -0.392 e. The van der Waals surface area contributed by atoms with Gasteiger partial charge in [-0.05, 0) is 56.2 Å². The number of piperazine rings is 1. The molecule has 1 aromatic carbocycles. The topological polar surface area (TPSA) is 77.9 Å². The summed E-state index contributed by atoms with van der Waals surface area (Å²) in [5.41, 5.74) is 1.13. The molecule has 5 rings (SSSR count). The third kappa shape index (κ3) is 5.68. The molecular formula is C28H32F4N6O2. The summed E-state index contributed by atoms with van der Waals surface area (Å²) in [6.07, 6.45) is -3.33. The molecule has 0 aliphatic carbocycles. The highest BCUT2D eigenvalue weighted by Gasteiger charge is 2.38. The first-order chi connectivity index (χ1) is 19.0. The van der Waals surface area contributed by atoms with Crippen LogP contribution in [0.15, 0.2) is 36.5 Å². The van der Waals surface area contributed by atoms with Crippen molar-refractivity contribution >= 4 is 17.6 Å². The smallest absolute Gasteiger partial charge is 0.392 e. The van der Waals surface area contributed by atoms with Crippen molar-refractivity contribution in [3.63, 3.8) is 0 Å². The number of rotatable bonds is 5. The Bertz CT molecular complexity index is 1370. The van der Waals surface area contributed by atoms with Gasteiger partial charge >= 0.3 is 6.18 Å². The van der Waals surface area contributed by atoms with E-state index in [0.29, 0.717) is 49.3 Å². The average Bonchev–Trinajstić information content (AvgIpc) is 2.93. The van der Waals surface area contributed by atoms with Gasteiger partial charge in [-0.3, -0.25) is 0 Å². The summed E-state index contributed by atoms with van der Waals surface area (Å²) < 4.78 is 61.2. The standard InChI is InChI=1S/C28H32F4N6O2/c1-17-10-21(4-5-23(17)29)24-12-25(35-27(34-24)38-8-9-40-16-19(38)3)37-7-6-36(14-18(37)2)26-22(28(30,31)32)11-20(15-39)13-33-26/h4-5,10-13,18-19,39H,6-9,14-16H2,1-3H3. The first kappa shape index (κ1) is 28.0. The Balaban J connectivity index is 1.48. The molecule has 2 aromatic heterocycles. The van der Waals surface area contributed by atoms with E-state index in [2.05, 4.69) is 14.8 Å². The van der Waals surface area contributed by atoms with E-state index in [1.54, 1.807) is 24.0 Å². The fraction of sp³-hybridized carbons (Fsp3) is 0.464. The number of alkyl halides is 3. The van der Waals surface area contributed by atoms with Crippen LogP contribution in [-0.4, -0.2) is 71.5 Å². The van der Waals surface area contributed by atoms with Gasteiger partial charge in [0.1, 0.15) is 17.5 Å². The van der Waals surface area contributed by atoms with Gasteiger partial charge in [0.25, 0.3) is 0 Å².